The molecule has 4 aliphatic heterocycles. The number of hydrogen-bond donors (Lipinski definition) is 1. The first kappa shape index (κ1) is 58.7. The molecule has 4 aliphatic rings. The van der Waals surface area contributed by atoms with Crippen LogP contribution in [0.4, 0.5) is 20.8 Å². The van der Waals surface area contributed by atoms with E-state index in [1.807, 2.05) is 74.2 Å². The van der Waals surface area contributed by atoms with Crippen molar-refractivity contribution in [3.05, 3.63) is 147 Å². The van der Waals surface area contributed by atoms with Crippen molar-refractivity contribution in [1.29, 1.82) is 5.26 Å². The number of aliphatic imine (C=N–C) groups is 1. The molecule has 84 heavy (non-hydrogen) atoms. The highest BCUT2D eigenvalue weighted by molar-refractivity contribution is 6.30. The van der Waals surface area contributed by atoms with Crippen LogP contribution in [0.3, 0.4) is 0 Å². The molecule has 2 bridgehead atoms. The Kier molecular flexibility index (Phi) is 18.2. The van der Waals surface area contributed by atoms with Gasteiger partial charge in [0.2, 0.25) is 5.91 Å². The topological polar surface area (TPSA) is 227 Å². The maximum atomic E-state index is 15.1. The summed E-state index contributed by atoms with van der Waals surface area (Å²) in [6.07, 6.45) is 3.46. The zero-order valence-corrected chi connectivity index (χ0v) is 48.6. The van der Waals surface area contributed by atoms with E-state index in [-0.39, 0.29) is 113 Å². The van der Waals surface area contributed by atoms with Crippen LogP contribution >= 0.6 is 11.6 Å². The molecule has 4 aromatic carbocycles. The van der Waals surface area contributed by atoms with E-state index < -0.39 is 17.9 Å². The number of Topliss-reactive ketones (excluding diaryl/α,β-unsaturated/α-hetero) is 1. The molecule has 0 spiro atoms. The SMILES string of the molecule is COc1ccc(C2=N[C@@H](c3ccc(C)cc3)[C@@H](c3ccc(Cl)cc3)N2C(=O)N2CCN(CCOCCOCCC(=O)CCCn3nc(C#N)c4c3CN(C)C(=O)c3ccc(F)cc3[C@H]3CCCN3c3nc-4cnc3N)C(=O)C2)c(OC(C)C)c1. The summed E-state index contributed by atoms with van der Waals surface area (Å²) in [5, 5.41) is 15.5. The number of nitrogens with zero attached hydrogens (tertiary/aromatic N) is 11. The first-order valence-corrected chi connectivity index (χ1v) is 28.7. The number of anilines is 2. The molecule has 6 aromatic rings. The number of urea groups is 1. The van der Waals surface area contributed by atoms with Gasteiger partial charge in [0, 0.05) is 69.3 Å². The number of methoxy groups -OCH3 is 1. The Labute approximate surface area is 492 Å². The maximum Gasteiger partial charge on any atom is 0.326 e. The van der Waals surface area contributed by atoms with Gasteiger partial charge in [-0.1, -0.05) is 53.6 Å². The van der Waals surface area contributed by atoms with Gasteiger partial charge in [-0.3, -0.25) is 29.0 Å². The van der Waals surface area contributed by atoms with Crippen molar-refractivity contribution in [1.82, 2.24) is 39.3 Å². The van der Waals surface area contributed by atoms with Crippen LogP contribution in [0.15, 0.2) is 96.1 Å². The fourth-order valence-corrected chi connectivity index (χ4v) is 11.5. The van der Waals surface area contributed by atoms with E-state index in [1.54, 1.807) is 51.7 Å². The molecule has 0 unspecified atom stereocenters. The third kappa shape index (κ3) is 12.7. The highest BCUT2D eigenvalue weighted by atomic mass is 35.5. The second-order valence-corrected chi connectivity index (χ2v) is 22.1. The van der Waals surface area contributed by atoms with Crippen LogP contribution in [0.25, 0.3) is 11.3 Å². The van der Waals surface area contributed by atoms with Gasteiger partial charge in [-0.05, 0) is 99.2 Å². The van der Waals surface area contributed by atoms with Crippen molar-refractivity contribution in [3.63, 3.8) is 0 Å². The Morgan fingerprint density at radius 1 is 0.893 bits per heavy atom. The second-order valence-electron chi connectivity index (χ2n) is 21.6. The van der Waals surface area contributed by atoms with Gasteiger partial charge < -0.3 is 44.3 Å². The number of amidine groups is 1. The fourth-order valence-electron chi connectivity index (χ4n) is 11.4. The molecule has 438 valence electrons. The molecule has 2 fully saturated rings. The molecule has 0 aliphatic carbocycles. The molecule has 0 radical (unpaired) electrons. The predicted octanol–water partition coefficient (Wildman–Crippen LogP) is 8.90. The number of benzene rings is 4. The van der Waals surface area contributed by atoms with E-state index in [0.29, 0.717) is 94.3 Å². The summed E-state index contributed by atoms with van der Waals surface area (Å²) in [5.41, 5.74) is 12.1. The van der Waals surface area contributed by atoms with Crippen molar-refractivity contribution in [3.8, 4) is 28.8 Å². The summed E-state index contributed by atoms with van der Waals surface area (Å²) in [6.45, 7) is 8.34. The Morgan fingerprint density at radius 2 is 1.64 bits per heavy atom. The first-order chi connectivity index (χ1) is 40.6. The lowest BCUT2D eigenvalue weighted by Crippen LogP contribution is -2.56. The zero-order valence-electron chi connectivity index (χ0n) is 47.8. The lowest BCUT2D eigenvalue weighted by molar-refractivity contribution is -0.135. The summed E-state index contributed by atoms with van der Waals surface area (Å²) >= 11 is 6.40. The number of carbonyl (C=O) groups excluding carboxylic acids is 4. The fraction of sp³-hybridized carbons (Fsp3) is 0.403. The number of rotatable bonds is 19. The first-order valence-electron chi connectivity index (χ1n) is 28.3. The second kappa shape index (κ2) is 26.0. The molecule has 20 nitrogen and oxygen atoms in total. The van der Waals surface area contributed by atoms with Gasteiger partial charge in [0.05, 0.1) is 87.0 Å². The Hall–Kier alpha value is -8.45. The molecule has 22 heteroatoms. The van der Waals surface area contributed by atoms with Gasteiger partial charge in [-0.15, -0.1) is 0 Å². The highest BCUT2D eigenvalue weighted by Crippen LogP contribution is 2.46. The Morgan fingerprint density at radius 3 is 2.38 bits per heavy atom. The Balaban J connectivity index is 0.717. The van der Waals surface area contributed by atoms with Crippen molar-refractivity contribution in [2.24, 2.45) is 4.99 Å². The number of fused-ring (bicyclic) bond motifs is 8. The number of ketones is 1. The van der Waals surface area contributed by atoms with Gasteiger partial charge in [0.1, 0.15) is 47.6 Å². The molecule has 2 aromatic heterocycles. The van der Waals surface area contributed by atoms with E-state index in [9.17, 15) is 24.0 Å². The van der Waals surface area contributed by atoms with Crippen LogP contribution in [-0.4, -0.2) is 148 Å². The zero-order chi connectivity index (χ0) is 59.2. The molecule has 2 saturated heterocycles. The number of nitrogen functional groups attached to an aromatic ring is 1. The third-order valence-corrected chi connectivity index (χ3v) is 15.8. The lowest BCUT2D eigenvalue weighted by atomic mass is 9.93. The summed E-state index contributed by atoms with van der Waals surface area (Å²) < 4.78 is 40.0. The normalized spacial score (nSPS) is 17.8. The van der Waals surface area contributed by atoms with Gasteiger partial charge in [0.15, 0.2) is 17.3 Å². The smallest absolute Gasteiger partial charge is 0.326 e. The van der Waals surface area contributed by atoms with Crippen LogP contribution < -0.4 is 20.1 Å². The van der Waals surface area contributed by atoms with Gasteiger partial charge in [-0.2, -0.15) is 10.4 Å². The van der Waals surface area contributed by atoms with Crippen LogP contribution in [-0.2, 0) is 32.2 Å². The number of nitriles is 1. The monoisotopic (exact) mass is 1160 g/mol. The minimum atomic E-state index is -0.596. The van der Waals surface area contributed by atoms with Crippen LogP contribution in [0.1, 0.15) is 114 Å². The molecule has 4 amide bonds. The predicted molar refractivity (Wildman–Crippen MR) is 313 cm³/mol. The number of piperazine rings is 1. The minimum absolute atomic E-state index is 0.0283. The van der Waals surface area contributed by atoms with E-state index in [2.05, 4.69) is 16.2 Å². The molecular formula is C62H68ClFN12O8. The number of amides is 4. The maximum absolute atomic E-state index is 15.1. The number of aryl methyl sites for hydroxylation is 2. The van der Waals surface area contributed by atoms with E-state index >= 15 is 4.79 Å². The average Bonchev–Trinajstić information content (AvgIpc) is 4.09. The molecule has 3 atom stereocenters. The average molecular weight is 1160 g/mol. The highest BCUT2D eigenvalue weighted by Gasteiger charge is 2.46. The van der Waals surface area contributed by atoms with E-state index in [4.69, 9.17) is 46.3 Å². The summed E-state index contributed by atoms with van der Waals surface area (Å²) in [4.78, 5) is 79.4. The minimum Gasteiger partial charge on any atom is -0.497 e. The van der Waals surface area contributed by atoms with Crippen molar-refractivity contribution < 1.29 is 42.5 Å². The lowest BCUT2D eigenvalue weighted by Gasteiger charge is -2.38. The number of aromatic nitrogens is 4. The molecular weight excluding hydrogens is 1100 g/mol. The van der Waals surface area contributed by atoms with Crippen LogP contribution in [0, 0.1) is 24.1 Å². The summed E-state index contributed by atoms with van der Waals surface area (Å²) in [7, 11) is 3.23. The van der Waals surface area contributed by atoms with Crippen LogP contribution in [0.5, 0.6) is 11.5 Å². The number of hydrogen-bond acceptors (Lipinski definition) is 15. The van der Waals surface area contributed by atoms with Gasteiger partial charge >= 0.3 is 6.03 Å². The Bertz CT molecular complexity index is 3500. The molecule has 2 N–H and O–H groups in total. The van der Waals surface area contributed by atoms with E-state index in [0.717, 1.165) is 23.1 Å². The quantitative estimate of drug-likeness (QED) is 0.0748. The molecule has 10 rings (SSSR count). The third-order valence-electron chi connectivity index (χ3n) is 15.6. The van der Waals surface area contributed by atoms with E-state index in [1.165, 1.54) is 29.3 Å². The summed E-state index contributed by atoms with van der Waals surface area (Å²) in [5.74, 6) is 1.01. The number of ether oxygens (including phenoxy) is 4. The van der Waals surface area contributed by atoms with Gasteiger partial charge in [-0.25, -0.2) is 19.2 Å². The van der Waals surface area contributed by atoms with Gasteiger partial charge in [0.25, 0.3) is 5.91 Å². The number of nitrogens with two attached hydrogens (primary N) is 1. The van der Waals surface area contributed by atoms with Crippen molar-refractivity contribution in [2.45, 2.75) is 90.2 Å². The summed E-state index contributed by atoms with van der Waals surface area (Å²) in [6, 6.07) is 25.5. The largest absolute Gasteiger partial charge is 0.497 e. The van der Waals surface area contributed by atoms with Crippen molar-refractivity contribution in [2.75, 3.05) is 83.9 Å². The van der Waals surface area contributed by atoms with Crippen LogP contribution in [0.2, 0.25) is 5.02 Å². The number of carbonyl (C=O) groups is 4. The molecule has 6 heterocycles. The number of halogens is 2. The van der Waals surface area contributed by atoms with Crippen molar-refractivity contribution >= 4 is 52.7 Å². The molecule has 0 saturated carbocycles. The standard InChI is InChI=1S/C62H68ClFN12O8/c1-38(2)84-53-33-45(81-5)19-21-47(53)59-69-56(40-12-10-39(3)11-13-40)57(41-14-16-42(63)17-15-41)76(59)62(80)73-26-25-72(54(78)37-73)27-29-83-31-30-82-28-22-44(77)8-6-24-75-52-36-71(4)61(79)46-20-18-43(64)32-48(46)51-9-7-23-74(51)60-58(66)67-35-50(68-60)55(52)49(34-65)70-75/h10-21,32-33,35,38,51,56-57H,6-9,22-31,36-37H2,1-5H3,(H2,66,67)/t51-,56+,57-/m1/s1.